The zero-order valence-corrected chi connectivity index (χ0v) is 10.8. The number of nitrogens with one attached hydrogen (secondary N) is 1. The second-order valence-electron chi connectivity index (χ2n) is 4.35. The van der Waals surface area contributed by atoms with Gasteiger partial charge in [0.15, 0.2) is 0 Å². The minimum Gasteiger partial charge on any atom is -0.471 e. The molecule has 6 nitrogen and oxygen atoms in total. The zero-order valence-electron chi connectivity index (χ0n) is 10.8. The number of nitrogens with zero attached hydrogens (tertiary/aromatic N) is 3. The molecule has 2 amide bonds. The fourth-order valence-electron chi connectivity index (χ4n) is 2.01. The van der Waals surface area contributed by atoms with E-state index in [0.29, 0.717) is 19.0 Å². The summed E-state index contributed by atoms with van der Waals surface area (Å²) in [7, 11) is 0. The number of aromatic nitrogens is 2. The second kappa shape index (κ2) is 6.72. The number of piperidine rings is 1. The molecule has 1 fully saturated rings. The van der Waals surface area contributed by atoms with Crippen molar-refractivity contribution in [1.82, 2.24) is 20.2 Å². The average Bonchev–Trinajstić information content (AvgIpc) is 2.46. The van der Waals surface area contributed by atoms with Gasteiger partial charge >= 0.3 is 6.03 Å². The van der Waals surface area contributed by atoms with Crippen molar-refractivity contribution in [3.8, 4) is 5.88 Å². The molecule has 1 aliphatic rings. The van der Waals surface area contributed by atoms with E-state index in [4.69, 9.17) is 4.74 Å². The molecule has 0 aromatic carbocycles. The maximum atomic E-state index is 11.8. The van der Waals surface area contributed by atoms with E-state index in [0.717, 1.165) is 19.4 Å². The van der Waals surface area contributed by atoms with Gasteiger partial charge in [-0.05, 0) is 12.8 Å². The van der Waals surface area contributed by atoms with E-state index in [-0.39, 0.29) is 12.1 Å². The molecule has 1 N–H and O–H groups in total. The SMILES string of the molecule is C=CCNC(=O)N1CCCC(Oc2cnccn2)C1. The highest BCUT2D eigenvalue weighted by molar-refractivity contribution is 5.74. The molecule has 0 bridgehead atoms. The van der Waals surface area contributed by atoms with Crippen LogP contribution in [-0.2, 0) is 0 Å². The first kappa shape index (κ1) is 13.3. The monoisotopic (exact) mass is 262 g/mol. The fraction of sp³-hybridized carbons (Fsp3) is 0.462. The number of carbonyl (C=O) groups is 1. The lowest BCUT2D eigenvalue weighted by molar-refractivity contribution is 0.0978. The lowest BCUT2D eigenvalue weighted by Gasteiger charge is -2.32. The van der Waals surface area contributed by atoms with Crippen LogP contribution in [0, 0.1) is 0 Å². The number of ether oxygens (including phenoxy) is 1. The molecule has 102 valence electrons. The summed E-state index contributed by atoms with van der Waals surface area (Å²) in [5.41, 5.74) is 0. The van der Waals surface area contributed by atoms with Crippen molar-refractivity contribution in [3.05, 3.63) is 31.2 Å². The van der Waals surface area contributed by atoms with E-state index >= 15 is 0 Å². The Bertz CT molecular complexity index is 424. The number of hydrogen-bond acceptors (Lipinski definition) is 4. The predicted molar refractivity (Wildman–Crippen MR) is 70.9 cm³/mol. The minimum atomic E-state index is -0.0765. The van der Waals surface area contributed by atoms with Crippen LogP contribution in [-0.4, -0.2) is 46.6 Å². The van der Waals surface area contributed by atoms with Crippen LogP contribution in [0.1, 0.15) is 12.8 Å². The van der Waals surface area contributed by atoms with Crippen molar-refractivity contribution < 1.29 is 9.53 Å². The molecule has 1 saturated heterocycles. The molecule has 2 heterocycles. The molecule has 0 aliphatic carbocycles. The summed E-state index contributed by atoms with van der Waals surface area (Å²) in [5.74, 6) is 0.501. The highest BCUT2D eigenvalue weighted by Crippen LogP contribution is 2.15. The Kier molecular flexibility index (Phi) is 4.72. The lowest BCUT2D eigenvalue weighted by Crippen LogP contribution is -2.48. The first-order valence-corrected chi connectivity index (χ1v) is 6.36. The Balaban J connectivity index is 1.86. The van der Waals surface area contributed by atoms with Crippen molar-refractivity contribution >= 4 is 6.03 Å². The van der Waals surface area contributed by atoms with Crippen LogP contribution in [0.3, 0.4) is 0 Å². The summed E-state index contributed by atoms with van der Waals surface area (Å²) in [4.78, 5) is 21.6. The Morgan fingerprint density at radius 2 is 2.53 bits per heavy atom. The number of carbonyl (C=O) groups excluding carboxylic acids is 1. The topological polar surface area (TPSA) is 67.4 Å². The quantitative estimate of drug-likeness (QED) is 0.828. The van der Waals surface area contributed by atoms with Crippen LogP contribution in [0.15, 0.2) is 31.2 Å². The molecule has 0 saturated carbocycles. The number of likely N-dealkylation sites (tertiary alicyclic amines) is 1. The first-order valence-electron chi connectivity index (χ1n) is 6.36. The van der Waals surface area contributed by atoms with Gasteiger partial charge in [-0.2, -0.15) is 0 Å². The number of hydrogen-bond donors (Lipinski definition) is 1. The number of rotatable bonds is 4. The van der Waals surface area contributed by atoms with Gasteiger partial charge in [-0.15, -0.1) is 6.58 Å². The van der Waals surface area contributed by atoms with Gasteiger partial charge in [0.05, 0.1) is 12.7 Å². The molecule has 2 rings (SSSR count). The van der Waals surface area contributed by atoms with Crippen LogP contribution < -0.4 is 10.1 Å². The Morgan fingerprint density at radius 1 is 1.63 bits per heavy atom. The highest BCUT2D eigenvalue weighted by atomic mass is 16.5. The van der Waals surface area contributed by atoms with Gasteiger partial charge in [-0.25, -0.2) is 9.78 Å². The van der Waals surface area contributed by atoms with E-state index in [2.05, 4.69) is 21.9 Å². The lowest BCUT2D eigenvalue weighted by atomic mass is 10.1. The summed E-state index contributed by atoms with van der Waals surface area (Å²) >= 11 is 0. The van der Waals surface area contributed by atoms with Crippen molar-refractivity contribution in [2.75, 3.05) is 19.6 Å². The van der Waals surface area contributed by atoms with Gasteiger partial charge in [0.2, 0.25) is 5.88 Å². The van der Waals surface area contributed by atoms with Crippen molar-refractivity contribution in [2.45, 2.75) is 18.9 Å². The zero-order chi connectivity index (χ0) is 13.5. The van der Waals surface area contributed by atoms with E-state index in [1.165, 1.54) is 0 Å². The van der Waals surface area contributed by atoms with Crippen LogP contribution >= 0.6 is 0 Å². The van der Waals surface area contributed by atoms with E-state index < -0.39 is 0 Å². The summed E-state index contributed by atoms with van der Waals surface area (Å²) in [6.45, 7) is 5.37. The molecular formula is C13H18N4O2. The Morgan fingerprint density at radius 3 is 3.26 bits per heavy atom. The standard InChI is InChI=1S/C13H18N4O2/c1-2-5-16-13(18)17-8-3-4-11(10-17)19-12-9-14-6-7-15-12/h2,6-7,9,11H,1,3-5,8,10H2,(H,16,18). The smallest absolute Gasteiger partial charge is 0.317 e. The first-order chi connectivity index (χ1) is 9.29. The van der Waals surface area contributed by atoms with Crippen molar-refractivity contribution in [3.63, 3.8) is 0 Å². The number of urea groups is 1. The molecule has 1 aromatic rings. The van der Waals surface area contributed by atoms with Crippen molar-refractivity contribution in [2.24, 2.45) is 0 Å². The maximum absolute atomic E-state index is 11.8. The molecule has 6 heteroatoms. The van der Waals surface area contributed by atoms with Gasteiger partial charge in [0.1, 0.15) is 6.10 Å². The van der Waals surface area contributed by atoms with Gasteiger partial charge in [0.25, 0.3) is 0 Å². The largest absolute Gasteiger partial charge is 0.471 e. The van der Waals surface area contributed by atoms with E-state index in [1.54, 1.807) is 29.6 Å². The summed E-state index contributed by atoms with van der Waals surface area (Å²) in [6.07, 6.45) is 8.25. The van der Waals surface area contributed by atoms with Gasteiger partial charge in [0, 0.05) is 25.5 Å². The summed E-state index contributed by atoms with van der Waals surface area (Å²) in [5, 5.41) is 2.77. The molecule has 19 heavy (non-hydrogen) atoms. The molecule has 1 unspecified atom stereocenters. The molecule has 0 radical (unpaired) electrons. The summed E-state index contributed by atoms with van der Waals surface area (Å²) < 4.78 is 5.72. The molecule has 1 aromatic heterocycles. The van der Waals surface area contributed by atoms with Crippen molar-refractivity contribution in [1.29, 1.82) is 0 Å². The molecular weight excluding hydrogens is 244 g/mol. The second-order valence-corrected chi connectivity index (χ2v) is 4.35. The van der Waals surface area contributed by atoms with Gasteiger partial charge in [-0.1, -0.05) is 6.08 Å². The summed E-state index contributed by atoms with van der Waals surface area (Å²) in [6, 6.07) is -0.0765. The van der Waals surface area contributed by atoms with Gasteiger partial charge < -0.3 is 15.0 Å². The Hall–Kier alpha value is -2.11. The minimum absolute atomic E-state index is 0.0278. The highest BCUT2D eigenvalue weighted by Gasteiger charge is 2.24. The Labute approximate surface area is 112 Å². The third-order valence-electron chi connectivity index (χ3n) is 2.89. The van der Waals surface area contributed by atoms with Crippen LogP contribution in [0.4, 0.5) is 4.79 Å². The van der Waals surface area contributed by atoms with Gasteiger partial charge in [-0.3, -0.25) is 4.98 Å². The van der Waals surface area contributed by atoms with E-state index in [9.17, 15) is 4.79 Å². The maximum Gasteiger partial charge on any atom is 0.317 e. The molecule has 0 spiro atoms. The normalized spacial score (nSPS) is 18.7. The van der Waals surface area contributed by atoms with Crippen LogP contribution in [0.5, 0.6) is 5.88 Å². The number of amides is 2. The van der Waals surface area contributed by atoms with E-state index in [1.807, 2.05) is 0 Å². The average molecular weight is 262 g/mol. The third kappa shape index (κ3) is 3.94. The predicted octanol–water partition coefficient (Wildman–Crippen LogP) is 1.22. The van der Waals surface area contributed by atoms with Crippen LogP contribution in [0.2, 0.25) is 0 Å². The third-order valence-corrected chi connectivity index (χ3v) is 2.89. The fourth-order valence-corrected chi connectivity index (χ4v) is 2.01. The van der Waals surface area contributed by atoms with Crippen LogP contribution in [0.25, 0.3) is 0 Å². The molecule has 1 atom stereocenters. The molecule has 1 aliphatic heterocycles.